The molecule has 104 valence electrons. The van der Waals surface area contributed by atoms with Gasteiger partial charge in [-0.15, -0.1) is 0 Å². The van der Waals surface area contributed by atoms with Crippen LogP contribution in [0.15, 0.2) is 48.5 Å². The molecule has 0 aromatic heterocycles. The summed E-state index contributed by atoms with van der Waals surface area (Å²) >= 11 is 0. The molecule has 1 N–H and O–H groups in total. The van der Waals surface area contributed by atoms with Crippen molar-refractivity contribution >= 4 is 5.78 Å². The fraction of sp³-hybridized carbons (Fsp3) is 0.188. The third-order valence-electron chi connectivity index (χ3n) is 3.00. The molecular weight excluding hydrogens is 256 g/mol. The maximum atomic E-state index is 12.3. The molecule has 0 heterocycles. The van der Waals surface area contributed by atoms with Crippen LogP contribution in [0.1, 0.15) is 22.0 Å². The highest BCUT2D eigenvalue weighted by Gasteiger charge is 2.20. The third-order valence-corrected chi connectivity index (χ3v) is 3.00. The summed E-state index contributed by atoms with van der Waals surface area (Å²) in [6, 6.07) is 13.6. The van der Waals surface area contributed by atoms with Gasteiger partial charge in [0.2, 0.25) is 0 Å². The molecule has 0 bridgehead atoms. The van der Waals surface area contributed by atoms with Crippen molar-refractivity contribution in [1.82, 2.24) is 0 Å². The number of Topliss-reactive ketones (excluding diaryl/α,β-unsaturated/α-hetero) is 1. The number of ketones is 1. The quantitative estimate of drug-likeness (QED) is 0.850. The van der Waals surface area contributed by atoms with Gasteiger partial charge in [-0.25, -0.2) is 0 Å². The van der Waals surface area contributed by atoms with E-state index in [-0.39, 0.29) is 0 Å². The molecule has 2 aromatic carbocycles. The summed E-state index contributed by atoms with van der Waals surface area (Å²) < 4.78 is 10.2. The molecule has 2 rings (SSSR count). The lowest BCUT2D eigenvalue weighted by Gasteiger charge is -2.12. The Morgan fingerprint density at radius 2 is 1.55 bits per heavy atom. The number of hydrogen-bond acceptors (Lipinski definition) is 4. The van der Waals surface area contributed by atoms with E-state index in [1.807, 2.05) is 6.07 Å². The van der Waals surface area contributed by atoms with Crippen LogP contribution in [0.2, 0.25) is 0 Å². The fourth-order valence-corrected chi connectivity index (χ4v) is 1.89. The summed E-state index contributed by atoms with van der Waals surface area (Å²) in [6.07, 6.45) is -1.20. The summed E-state index contributed by atoms with van der Waals surface area (Å²) in [5.41, 5.74) is 0.900. The number of carbonyl (C=O) groups excluding carboxylic acids is 1. The minimum absolute atomic E-state index is 0.345. The van der Waals surface area contributed by atoms with Crippen LogP contribution < -0.4 is 9.47 Å². The Balaban J connectivity index is 2.33. The van der Waals surface area contributed by atoms with Crippen molar-refractivity contribution in [3.8, 4) is 11.5 Å². The number of carbonyl (C=O) groups is 1. The Labute approximate surface area is 117 Å². The number of ether oxygens (including phenoxy) is 2. The highest BCUT2D eigenvalue weighted by molar-refractivity contribution is 6.00. The van der Waals surface area contributed by atoms with Gasteiger partial charge in [0, 0.05) is 11.6 Å². The van der Waals surface area contributed by atoms with Gasteiger partial charge in [0.1, 0.15) is 17.6 Å². The molecule has 0 aliphatic rings. The molecule has 4 heteroatoms. The first-order valence-corrected chi connectivity index (χ1v) is 6.16. The second-order valence-electron chi connectivity index (χ2n) is 4.28. The van der Waals surface area contributed by atoms with E-state index in [1.54, 1.807) is 42.5 Å². The van der Waals surface area contributed by atoms with Crippen molar-refractivity contribution in [1.29, 1.82) is 0 Å². The van der Waals surface area contributed by atoms with Crippen molar-refractivity contribution in [2.24, 2.45) is 0 Å². The first kappa shape index (κ1) is 14.1. The average Bonchev–Trinajstić information content (AvgIpc) is 2.53. The van der Waals surface area contributed by atoms with Gasteiger partial charge in [-0.3, -0.25) is 4.79 Å². The molecule has 0 saturated carbocycles. The lowest BCUT2D eigenvalue weighted by atomic mass is 9.99. The summed E-state index contributed by atoms with van der Waals surface area (Å²) in [5.74, 6) is 0.620. The van der Waals surface area contributed by atoms with E-state index in [0.29, 0.717) is 22.6 Å². The van der Waals surface area contributed by atoms with E-state index >= 15 is 0 Å². The molecule has 0 fully saturated rings. The fourth-order valence-electron chi connectivity index (χ4n) is 1.89. The van der Waals surface area contributed by atoms with Crippen molar-refractivity contribution < 1.29 is 19.4 Å². The van der Waals surface area contributed by atoms with Crippen LogP contribution in [0, 0.1) is 0 Å². The number of aliphatic hydroxyl groups is 1. The predicted molar refractivity (Wildman–Crippen MR) is 75.3 cm³/mol. The molecular formula is C16H16O4. The second kappa shape index (κ2) is 6.21. The highest BCUT2D eigenvalue weighted by Crippen LogP contribution is 2.26. The van der Waals surface area contributed by atoms with Crippen molar-refractivity contribution in [3.05, 3.63) is 59.7 Å². The Bertz CT molecular complexity index is 570. The summed E-state index contributed by atoms with van der Waals surface area (Å²) in [7, 11) is 3.02. The minimum atomic E-state index is -1.20. The van der Waals surface area contributed by atoms with Gasteiger partial charge in [0.15, 0.2) is 5.78 Å². The number of benzene rings is 2. The van der Waals surface area contributed by atoms with Gasteiger partial charge < -0.3 is 14.6 Å². The first-order chi connectivity index (χ1) is 9.65. The first-order valence-electron chi connectivity index (χ1n) is 6.16. The van der Waals surface area contributed by atoms with E-state index < -0.39 is 11.9 Å². The summed E-state index contributed by atoms with van der Waals surface area (Å²) in [6.45, 7) is 0. The Kier molecular flexibility index (Phi) is 4.38. The van der Waals surface area contributed by atoms with Crippen LogP contribution in [-0.2, 0) is 0 Å². The number of methoxy groups -OCH3 is 2. The topological polar surface area (TPSA) is 55.8 Å². The van der Waals surface area contributed by atoms with Gasteiger partial charge in [-0.05, 0) is 17.7 Å². The van der Waals surface area contributed by atoms with Gasteiger partial charge in [-0.2, -0.15) is 0 Å². The molecule has 0 spiro atoms. The van der Waals surface area contributed by atoms with E-state index in [0.717, 1.165) is 0 Å². The number of aliphatic hydroxyl groups excluding tert-OH is 1. The molecule has 0 amide bonds. The normalized spacial score (nSPS) is 11.8. The summed E-state index contributed by atoms with van der Waals surface area (Å²) in [5, 5.41) is 10.1. The van der Waals surface area contributed by atoms with Gasteiger partial charge >= 0.3 is 0 Å². The smallest absolute Gasteiger partial charge is 0.196 e. The highest BCUT2D eigenvalue weighted by atomic mass is 16.5. The van der Waals surface area contributed by atoms with Crippen LogP contribution in [0.25, 0.3) is 0 Å². The standard InChI is InChI=1S/C16H16O4/c1-19-13-8-12(9-14(10-13)20-2)16(18)15(17)11-6-4-3-5-7-11/h3-10,15,17H,1-2H3. The maximum absolute atomic E-state index is 12.3. The second-order valence-corrected chi connectivity index (χ2v) is 4.28. The van der Waals surface area contributed by atoms with Crippen LogP contribution in [0.5, 0.6) is 11.5 Å². The van der Waals surface area contributed by atoms with E-state index in [9.17, 15) is 9.90 Å². The van der Waals surface area contributed by atoms with Crippen LogP contribution >= 0.6 is 0 Å². The lowest BCUT2D eigenvalue weighted by molar-refractivity contribution is 0.0747. The SMILES string of the molecule is COc1cc(OC)cc(C(=O)C(O)c2ccccc2)c1. The monoisotopic (exact) mass is 272 g/mol. The zero-order valence-electron chi connectivity index (χ0n) is 11.4. The maximum Gasteiger partial charge on any atom is 0.196 e. The molecule has 0 saturated heterocycles. The molecule has 1 atom stereocenters. The van der Waals surface area contributed by atoms with Crippen molar-refractivity contribution in [2.45, 2.75) is 6.10 Å². The summed E-state index contributed by atoms with van der Waals surface area (Å²) in [4.78, 5) is 12.3. The average molecular weight is 272 g/mol. The minimum Gasteiger partial charge on any atom is -0.497 e. The van der Waals surface area contributed by atoms with Crippen molar-refractivity contribution in [2.75, 3.05) is 14.2 Å². The molecule has 0 aliphatic carbocycles. The molecule has 20 heavy (non-hydrogen) atoms. The van der Waals surface area contributed by atoms with Crippen molar-refractivity contribution in [3.63, 3.8) is 0 Å². The molecule has 0 radical (unpaired) electrons. The molecule has 1 unspecified atom stereocenters. The Morgan fingerprint density at radius 1 is 1.00 bits per heavy atom. The Hall–Kier alpha value is -2.33. The molecule has 0 aliphatic heterocycles. The third kappa shape index (κ3) is 2.97. The number of hydrogen-bond donors (Lipinski definition) is 1. The molecule has 2 aromatic rings. The van der Waals surface area contributed by atoms with Crippen LogP contribution in [0.4, 0.5) is 0 Å². The zero-order chi connectivity index (χ0) is 14.5. The van der Waals surface area contributed by atoms with Gasteiger partial charge in [0.25, 0.3) is 0 Å². The van der Waals surface area contributed by atoms with Gasteiger partial charge in [0.05, 0.1) is 14.2 Å². The zero-order valence-corrected chi connectivity index (χ0v) is 11.4. The van der Waals surface area contributed by atoms with E-state index in [2.05, 4.69) is 0 Å². The van der Waals surface area contributed by atoms with E-state index in [1.165, 1.54) is 14.2 Å². The van der Waals surface area contributed by atoms with Crippen LogP contribution in [0.3, 0.4) is 0 Å². The van der Waals surface area contributed by atoms with Gasteiger partial charge in [-0.1, -0.05) is 30.3 Å². The predicted octanol–water partition coefficient (Wildman–Crippen LogP) is 2.62. The Morgan fingerprint density at radius 3 is 2.05 bits per heavy atom. The van der Waals surface area contributed by atoms with Crippen LogP contribution in [-0.4, -0.2) is 25.1 Å². The largest absolute Gasteiger partial charge is 0.497 e. The number of rotatable bonds is 5. The lowest BCUT2D eigenvalue weighted by Crippen LogP contribution is -2.12. The van der Waals surface area contributed by atoms with E-state index in [4.69, 9.17) is 9.47 Å². The molecule has 4 nitrogen and oxygen atoms in total.